The normalized spacial score (nSPS) is 36.8. The van der Waals surface area contributed by atoms with E-state index < -0.39 is 17.4 Å². The Hall–Kier alpha value is -1.59. The fourth-order valence-corrected chi connectivity index (χ4v) is 1.88. The number of carbonyl (C=O) groups is 3. The highest BCUT2D eigenvalue weighted by atomic mass is 16.2. The third-order valence-corrected chi connectivity index (χ3v) is 2.66. The van der Waals surface area contributed by atoms with Gasteiger partial charge in [-0.25, -0.2) is 0 Å². The zero-order valence-electron chi connectivity index (χ0n) is 6.79. The second-order valence-electron chi connectivity index (χ2n) is 3.42. The molecule has 70 valence electrons. The molecule has 2 unspecified atom stereocenters. The van der Waals surface area contributed by atoms with Crippen LogP contribution in [-0.4, -0.2) is 30.3 Å². The van der Waals surface area contributed by atoms with Crippen molar-refractivity contribution in [1.29, 1.82) is 0 Å². The van der Waals surface area contributed by atoms with Crippen LogP contribution in [0.5, 0.6) is 0 Å². The largest absolute Gasteiger partial charge is 0.369 e. The van der Waals surface area contributed by atoms with Crippen molar-refractivity contribution in [3.05, 3.63) is 0 Å². The van der Waals surface area contributed by atoms with Crippen molar-refractivity contribution in [3.63, 3.8) is 0 Å². The van der Waals surface area contributed by atoms with Gasteiger partial charge in [0.15, 0.2) is 0 Å². The quantitative estimate of drug-likeness (QED) is 0.418. The van der Waals surface area contributed by atoms with E-state index in [1.165, 1.54) is 0 Å². The molecule has 4 N–H and O–H groups in total. The molecule has 0 aromatic carbocycles. The van der Waals surface area contributed by atoms with Gasteiger partial charge in [-0.05, 0) is 0 Å². The summed E-state index contributed by atoms with van der Waals surface area (Å²) in [5, 5.41) is 4.95. The second kappa shape index (κ2) is 2.21. The first-order chi connectivity index (χ1) is 6.06. The van der Waals surface area contributed by atoms with E-state index in [-0.39, 0.29) is 24.8 Å². The van der Waals surface area contributed by atoms with Crippen molar-refractivity contribution in [2.45, 2.75) is 12.5 Å². The van der Waals surface area contributed by atoms with E-state index in [0.29, 0.717) is 0 Å². The van der Waals surface area contributed by atoms with Crippen LogP contribution in [0, 0.1) is 5.41 Å². The molecule has 0 saturated carbocycles. The van der Waals surface area contributed by atoms with Gasteiger partial charge in [-0.1, -0.05) is 0 Å². The molecule has 6 nitrogen and oxygen atoms in total. The van der Waals surface area contributed by atoms with E-state index in [9.17, 15) is 14.4 Å². The van der Waals surface area contributed by atoms with Crippen molar-refractivity contribution in [1.82, 2.24) is 10.6 Å². The number of primary amides is 1. The molecular formula is C7H9N3O3. The zero-order chi connectivity index (χ0) is 9.64. The number of nitrogens with one attached hydrogen (secondary N) is 2. The minimum Gasteiger partial charge on any atom is -0.369 e. The highest BCUT2D eigenvalue weighted by Gasteiger charge is 2.58. The summed E-state index contributed by atoms with van der Waals surface area (Å²) in [6.45, 7) is 0.157. The molecule has 2 saturated heterocycles. The Morgan fingerprint density at radius 3 is 2.77 bits per heavy atom. The van der Waals surface area contributed by atoms with Gasteiger partial charge in [0.05, 0.1) is 0 Å². The van der Waals surface area contributed by atoms with E-state index in [1.807, 2.05) is 0 Å². The van der Waals surface area contributed by atoms with Crippen molar-refractivity contribution in [2.24, 2.45) is 11.1 Å². The lowest BCUT2D eigenvalue weighted by Crippen LogP contribution is -2.46. The monoisotopic (exact) mass is 183 g/mol. The summed E-state index contributed by atoms with van der Waals surface area (Å²) in [5.74, 6) is -1.22. The van der Waals surface area contributed by atoms with E-state index >= 15 is 0 Å². The summed E-state index contributed by atoms with van der Waals surface area (Å²) in [6, 6.07) is -0.766. The Bertz CT molecular complexity index is 314. The zero-order valence-corrected chi connectivity index (χ0v) is 6.79. The Morgan fingerprint density at radius 2 is 2.23 bits per heavy atom. The van der Waals surface area contributed by atoms with Crippen molar-refractivity contribution >= 4 is 17.7 Å². The van der Waals surface area contributed by atoms with Gasteiger partial charge in [0.25, 0.3) is 0 Å². The first-order valence-corrected chi connectivity index (χ1v) is 3.93. The summed E-state index contributed by atoms with van der Waals surface area (Å²) < 4.78 is 0. The summed E-state index contributed by atoms with van der Waals surface area (Å²) in [5.41, 5.74) is 4.14. The molecule has 3 amide bonds. The van der Waals surface area contributed by atoms with Crippen LogP contribution in [0.25, 0.3) is 0 Å². The Balaban J connectivity index is 2.40. The molecule has 0 bridgehead atoms. The van der Waals surface area contributed by atoms with Gasteiger partial charge in [-0.2, -0.15) is 0 Å². The van der Waals surface area contributed by atoms with E-state index in [1.54, 1.807) is 0 Å². The Labute approximate surface area is 73.8 Å². The fraction of sp³-hybridized carbons (Fsp3) is 0.571. The number of rotatable bonds is 1. The number of fused-ring (bicyclic) bond motifs is 1. The number of amides is 3. The number of nitrogens with two attached hydrogens (primary N) is 1. The first-order valence-electron chi connectivity index (χ1n) is 3.93. The fourth-order valence-electron chi connectivity index (χ4n) is 1.88. The van der Waals surface area contributed by atoms with Crippen LogP contribution in [0.2, 0.25) is 0 Å². The van der Waals surface area contributed by atoms with Gasteiger partial charge >= 0.3 is 0 Å². The van der Waals surface area contributed by atoms with Crippen molar-refractivity contribution < 1.29 is 14.4 Å². The highest BCUT2D eigenvalue weighted by Crippen LogP contribution is 2.34. The molecule has 6 heteroatoms. The maximum Gasteiger partial charge on any atom is 0.243 e. The molecule has 0 radical (unpaired) electrons. The molecule has 0 aromatic rings. The standard InChI is InChI=1S/C7H9N3O3/c8-6(13)7-1-3(11)10-4(7)5(12)9-2-7/h4H,1-2H2,(H2,8,13)(H,9,12)(H,10,11). The van der Waals surface area contributed by atoms with Gasteiger partial charge < -0.3 is 16.4 Å². The van der Waals surface area contributed by atoms with Gasteiger partial charge in [-0.3, -0.25) is 14.4 Å². The SMILES string of the molecule is NC(=O)C12CNC(=O)C1NC(=O)C2. The summed E-state index contributed by atoms with van der Waals surface area (Å²) in [7, 11) is 0. The Morgan fingerprint density at radius 1 is 1.54 bits per heavy atom. The molecule has 2 aliphatic heterocycles. The van der Waals surface area contributed by atoms with Crippen LogP contribution in [-0.2, 0) is 14.4 Å². The van der Waals surface area contributed by atoms with Crippen molar-refractivity contribution in [2.75, 3.05) is 6.54 Å². The third kappa shape index (κ3) is 0.851. The summed E-state index contributed by atoms with van der Waals surface area (Å²) in [4.78, 5) is 33.3. The van der Waals surface area contributed by atoms with Gasteiger partial charge in [-0.15, -0.1) is 0 Å². The van der Waals surface area contributed by atoms with Crippen LogP contribution in [0.1, 0.15) is 6.42 Å². The molecule has 2 heterocycles. The predicted octanol–water partition coefficient (Wildman–Crippen LogP) is -2.52. The molecule has 2 fully saturated rings. The molecule has 0 aliphatic carbocycles. The first kappa shape index (κ1) is 8.03. The van der Waals surface area contributed by atoms with E-state index in [4.69, 9.17) is 5.73 Å². The van der Waals surface area contributed by atoms with E-state index in [2.05, 4.69) is 10.6 Å². The lowest BCUT2D eigenvalue weighted by molar-refractivity contribution is -0.130. The lowest BCUT2D eigenvalue weighted by atomic mass is 9.82. The van der Waals surface area contributed by atoms with Crippen molar-refractivity contribution in [3.8, 4) is 0 Å². The van der Waals surface area contributed by atoms with Gasteiger partial charge in [0.1, 0.15) is 11.5 Å². The van der Waals surface area contributed by atoms with Crippen LogP contribution < -0.4 is 16.4 Å². The average molecular weight is 183 g/mol. The van der Waals surface area contributed by atoms with Crippen LogP contribution in [0.3, 0.4) is 0 Å². The van der Waals surface area contributed by atoms with E-state index in [0.717, 1.165) is 0 Å². The second-order valence-corrected chi connectivity index (χ2v) is 3.42. The highest BCUT2D eigenvalue weighted by molar-refractivity contribution is 6.04. The molecule has 0 aromatic heterocycles. The van der Waals surface area contributed by atoms with Crippen LogP contribution in [0.15, 0.2) is 0 Å². The molecule has 0 spiro atoms. The Kier molecular flexibility index (Phi) is 1.37. The molecule has 2 atom stereocenters. The average Bonchev–Trinajstić information content (AvgIpc) is 2.51. The topological polar surface area (TPSA) is 101 Å². The van der Waals surface area contributed by atoms with Crippen LogP contribution in [0.4, 0.5) is 0 Å². The molecule has 2 rings (SSSR count). The molecular weight excluding hydrogens is 174 g/mol. The third-order valence-electron chi connectivity index (χ3n) is 2.66. The molecule has 13 heavy (non-hydrogen) atoms. The smallest absolute Gasteiger partial charge is 0.243 e. The number of hydrogen-bond donors (Lipinski definition) is 3. The molecule has 2 aliphatic rings. The predicted molar refractivity (Wildman–Crippen MR) is 41.2 cm³/mol. The summed E-state index contributed by atoms with van der Waals surface area (Å²) >= 11 is 0. The minimum absolute atomic E-state index is 0.00569. The lowest BCUT2D eigenvalue weighted by Gasteiger charge is -2.19. The maximum absolute atomic E-state index is 11.2. The van der Waals surface area contributed by atoms with Crippen LogP contribution >= 0.6 is 0 Å². The van der Waals surface area contributed by atoms with Gasteiger partial charge in [0, 0.05) is 13.0 Å². The number of carbonyl (C=O) groups excluding carboxylic acids is 3. The minimum atomic E-state index is -1.03. The maximum atomic E-state index is 11.2. The summed E-state index contributed by atoms with van der Waals surface area (Å²) in [6.07, 6.45) is 0.00569. The number of hydrogen-bond acceptors (Lipinski definition) is 3. The van der Waals surface area contributed by atoms with Gasteiger partial charge in [0.2, 0.25) is 17.7 Å².